The molecule has 2 N–H and O–H groups in total. The molecule has 0 unspecified atom stereocenters. The van der Waals surface area contributed by atoms with Gasteiger partial charge in [-0.25, -0.2) is 0 Å². The molecule has 2 rings (SSSR count). The Bertz CT molecular complexity index is 373. The minimum Gasteiger partial charge on any atom is -0.388 e. The van der Waals surface area contributed by atoms with Crippen LogP contribution in [0.25, 0.3) is 0 Å². The molecule has 1 aromatic heterocycles. The third-order valence-corrected chi connectivity index (χ3v) is 4.41. The third-order valence-electron chi connectivity index (χ3n) is 2.72. The van der Waals surface area contributed by atoms with Crippen LogP contribution in [-0.2, 0) is 0 Å². The molecule has 15 heavy (non-hydrogen) atoms. The van der Waals surface area contributed by atoms with Crippen molar-refractivity contribution in [2.45, 2.75) is 24.9 Å². The summed E-state index contributed by atoms with van der Waals surface area (Å²) in [6.45, 7) is 0.355. The second kappa shape index (κ2) is 4.23. The van der Waals surface area contributed by atoms with Gasteiger partial charge in [-0.2, -0.15) is 0 Å². The molecule has 0 bridgehead atoms. The minimum absolute atomic E-state index is 0.122. The number of hydrogen-bond acceptors (Lipinski definition) is 3. The van der Waals surface area contributed by atoms with Crippen LogP contribution in [0.5, 0.6) is 0 Å². The summed E-state index contributed by atoms with van der Waals surface area (Å²) in [6, 6.07) is 1.77. The van der Waals surface area contributed by atoms with Crippen LogP contribution >= 0.6 is 27.3 Å². The molecule has 1 heterocycles. The van der Waals surface area contributed by atoms with Crippen LogP contribution in [0.1, 0.15) is 29.6 Å². The molecule has 0 aromatic carbocycles. The van der Waals surface area contributed by atoms with E-state index in [1.165, 1.54) is 11.3 Å². The van der Waals surface area contributed by atoms with Gasteiger partial charge in [-0.15, -0.1) is 11.3 Å². The molecule has 0 atom stereocenters. The summed E-state index contributed by atoms with van der Waals surface area (Å²) in [4.78, 5) is 11.7. The Morgan fingerprint density at radius 2 is 2.40 bits per heavy atom. The molecule has 1 fully saturated rings. The summed E-state index contributed by atoms with van der Waals surface area (Å²) in [5.41, 5.74) is -0.0130. The maximum absolute atomic E-state index is 11.7. The summed E-state index contributed by atoms with van der Waals surface area (Å²) < 4.78 is 0.834. The smallest absolute Gasteiger partial charge is 0.253 e. The summed E-state index contributed by atoms with van der Waals surface area (Å²) in [5, 5.41) is 14.4. The van der Waals surface area contributed by atoms with E-state index >= 15 is 0 Å². The fourth-order valence-electron chi connectivity index (χ4n) is 1.56. The van der Waals surface area contributed by atoms with Gasteiger partial charge in [-0.1, -0.05) is 0 Å². The van der Waals surface area contributed by atoms with E-state index in [0.29, 0.717) is 12.1 Å². The number of halogens is 1. The maximum atomic E-state index is 11.7. The topological polar surface area (TPSA) is 49.3 Å². The fourth-order valence-corrected chi connectivity index (χ4v) is 2.80. The first-order valence-corrected chi connectivity index (χ1v) is 6.52. The number of rotatable bonds is 3. The summed E-state index contributed by atoms with van der Waals surface area (Å²) in [7, 11) is 0. The normalized spacial score (nSPS) is 18.3. The first-order valence-electron chi connectivity index (χ1n) is 4.84. The van der Waals surface area contributed by atoms with Gasteiger partial charge in [-0.05, 0) is 46.6 Å². The molecule has 0 radical (unpaired) electrons. The van der Waals surface area contributed by atoms with Gasteiger partial charge >= 0.3 is 0 Å². The second-order valence-electron chi connectivity index (χ2n) is 3.87. The zero-order valence-corrected chi connectivity index (χ0v) is 10.5. The van der Waals surface area contributed by atoms with Crippen molar-refractivity contribution in [3.05, 3.63) is 20.8 Å². The highest BCUT2D eigenvalue weighted by Gasteiger charge is 2.34. The number of thiophene rings is 1. The highest BCUT2D eigenvalue weighted by atomic mass is 79.9. The lowest BCUT2D eigenvalue weighted by Crippen LogP contribution is -2.47. The van der Waals surface area contributed by atoms with Crippen molar-refractivity contribution in [2.24, 2.45) is 0 Å². The molecular weight excluding hydrogens is 278 g/mol. The third kappa shape index (κ3) is 2.41. The van der Waals surface area contributed by atoms with Gasteiger partial charge in [-0.3, -0.25) is 4.79 Å². The predicted octanol–water partition coefficient (Wildman–Crippen LogP) is 2.16. The van der Waals surface area contributed by atoms with Crippen LogP contribution in [0.2, 0.25) is 0 Å². The number of carbonyl (C=O) groups is 1. The van der Waals surface area contributed by atoms with Gasteiger partial charge in [0.25, 0.3) is 5.91 Å². The van der Waals surface area contributed by atoms with Crippen LogP contribution in [-0.4, -0.2) is 23.2 Å². The lowest BCUT2D eigenvalue weighted by atomic mass is 9.80. The Morgan fingerprint density at radius 1 is 1.67 bits per heavy atom. The monoisotopic (exact) mass is 289 g/mol. The molecule has 1 aromatic rings. The minimum atomic E-state index is -0.655. The van der Waals surface area contributed by atoms with Crippen molar-refractivity contribution in [1.82, 2.24) is 5.32 Å². The number of amides is 1. The number of nitrogens with one attached hydrogen (secondary N) is 1. The van der Waals surface area contributed by atoms with E-state index in [2.05, 4.69) is 21.2 Å². The van der Waals surface area contributed by atoms with E-state index in [0.717, 1.165) is 23.0 Å². The SMILES string of the molecule is O=C(NCC1(O)CCC1)c1ccsc1Br. The van der Waals surface area contributed by atoms with Gasteiger partial charge < -0.3 is 10.4 Å². The van der Waals surface area contributed by atoms with Gasteiger partial charge in [0, 0.05) is 6.54 Å². The van der Waals surface area contributed by atoms with Crippen molar-refractivity contribution in [2.75, 3.05) is 6.54 Å². The van der Waals surface area contributed by atoms with Crippen LogP contribution in [0.3, 0.4) is 0 Å². The van der Waals surface area contributed by atoms with Crippen molar-refractivity contribution in [1.29, 1.82) is 0 Å². The lowest BCUT2D eigenvalue weighted by Gasteiger charge is -2.36. The Balaban J connectivity index is 1.90. The van der Waals surface area contributed by atoms with E-state index in [4.69, 9.17) is 0 Å². The van der Waals surface area contributed by atoms with Crippen LogP contribution in [0, 0.1) is 0 Å². The van der Waals surface area contributed by atoms with E-state index < -0.39 is 5.60 Å². The fraction of sp³-hybridized carbons (Fsp3) is 0.500. The zero-order valence-electron chi connectivity index (χ0n) is 8.12. The van der Waals surface area contributed by atoms with E-state index in [9.17, 15) is 9.90 Å². The average molecular weight is 290 g/mol. The van der Waals surface area contributed by atoms with Gasteiger partial charge in [0.2, 0.25) is 0 Å². The second-order valence-corrected chi connectivity index (χ2v) is 6.10. The summed E-state index contributed by atoms with van der Waals surface area (Å²) in [6.07, 6.45) is 2.63. The Hall–Kier alpha value is -0.390. The van der Waals surface area contributed by atoms with Crippen LogP contribution in [0.15, 0.2) is 15.2 Å². The molecule has 0 saturated heterocycles. The molecule has 1 aliphatic carbocycles. The molecule has 1 saturated carbocycles. The molecule has 1 aliphatic rings. The zero-order chi connectivity index (χ0) is 10.9. The number of aliphatic hydroxyl groups is 1. The molecule has 1 amide bonds. The van der Waals surface area contributed by atoms with Crippen molar-refractivity contribution in [3.8, 4) is 0 Å². The largest absolute Gasteiger partial charge is 0.388 e. The predicted molar refractivity (Wildman–Crippen MR) is 63.2 cm³/mol. The summed E-state index contributed by atoms with van der Waals surface area (Å²) >= 11 is 4.79. The Morgan fingerprint density at radius 3 is 2.87 bits per heavy atom. The number of hydrogen-bond donors (Lipinski definition) is 2. The van der Waals surface area contributed by atoms with E-state index in [1.54, 1.807) is 6.07 Å². The van der Waals surface area contributed by atoms with E-state index in [1.807, 2.05) is 5.38 Å². The molecular formula is C10H12BrNO2S. The maximum Gasteiger partial charge on any atom is 0.253 e. The Kier molecular flexibility index (Phi) is 3.13. The molecule has 0 spiro atoms. The van der Waals surface area contributed by atoms with Gasteiger partial charge in [0.15, 0.2) is 0 Å². The molecule has 82 valence electrons. The van der Waals surface area contributed by atoms with Gasteiger partial charge in [0.1, 0.15) is 0 Å². The Labute approximate surface area is 101 Å². The number of carbonyl (C=O) groups excluding carboxylic acids is 1. The highest BCUT2D eigenvalue weighted by molar-refractivity contribution is 9.11. The van der Waals surface area contributed by atoms with E-state index in [-0.39, 0.29) is 5.91 Å². The standard InChI is InChI=1S/C10H12BrNO2S/c11-8-7(2-5-15-8)9(13)12-6-10(14)3-1-4-10/h2,5,14H,1,3-4,6H2,(H,12,13). The van der Waals surface area contributed by atoms with Crippen LogP contribution in [0.4, 0.5) is 0 Å². The van der Waals surface area contributed by atoms with Crippen LogP contribution < -0.4 is 5.32 Å². The van der Waals surface area contributed by atoms with Crippen molar-refractivity contribution >= 4 is 33.2 Å². The molecule has 5 heteroatoms. The van der Waals surface area contributed by atoms with Crippen molar-refractivity contribution < 1.29 is 9.90 Å². The lowest BCUT2D eigenvalue weighted by molar-refractivity contribution is -0.0300. The van der Waals surface area contributed by atoms with Crippen molar-refractivity contribution in [3.63, 3.8) is 0 Å². The molecule has 0 aliphatic heterocycles. The highest BCUT2D eigenvalue weighted by Crippen LogP contribution is 2.31. The van der Waals surface area contributed by atoms with Gasteiger partial charge in [0.05, 0.1) is 15.0 Å². The quantitative estimate of drug-likeness (QED) is 0.896. The first kappa shape index (κ1) is 11.1. The average Bonchev–Trinajstić information content (AvgIpc) is 2.58. The molecule has 3 nitrogen and oxygen atoms in total. The summed E-state index contributed by atoms with van der Waals surface area (Å²) in [5.74, 6) is -0.122. The first-order chi connectivity index (χ1) is 7.11.